The van der Waals surface area contributed by atoms with Crippen LogP contribution < -0.4 is 0 Å². The lowest BCUT2D eigenvalue weighted by atomic mass is 9.78. The van der Waals surface area contributed by atoms with Crippen molar-refractivity contribution in [2.45, 2.75) is 50.5 Å². The van der Waals surface area contributed by atoms with Gasteiger partial charge in [-0.05, 0) is 51.2 Å². The van der Waals surface area contributed by atoms with Crippen molar-refractivity contribution in [3.8, 4) is 0 Å². The fourth-order valence-electron chi connectivity index (χ4n) is 2.36. The van der Waals surface area contributed by atoms with Gasteiger partial charge in [0.05, 0.1) is 0 Å². The van der Waals surface area contributed by atoms with Crippen molar-refractivity contribution < 1.29 is 0 Å². The van der Waals surface area contributed by atoms with Crippen molar-refractivity contribution >= 4 is 12.2 Å². The van der Waals surface area contributed by atoms with Crippen LogP contribution in [-0.2, 0) is 5.54 Å². The van der Waals surface area contributed by atoms with Crippen LogP contribution in [0.1, 0.15) is 50.8 Å². The number of rotatable bonds is 2. The van der Waals surface area contributed by atoms with E-state index in [1.807, 2.05) is 0 Å². The van der Waals surface area contributed by atoms with E-state index < -0.39 is 0 Å². The van der Waals surface area contributed by atoms with Crippen LogP contribution in [-0.4, -0.2) is 14.8 Å². The highest BCUT2D eigenvalue weighted by molar-refractivity contribution is 7.71. The maximum Gasteiger partial charge on any atom is 0.195 e. The molecular formula is C10H15N3S. The molecule has 0 amide bonds. The van der Waals surface area contributed by atoms with Crippen molar-refractivity contribution in [2.75, 3.05) is 0 Å². The van der Waals surface area contributed by atoms with E-state index in [1.165, 1.54) is 37.9 Å². The average Bonchev–Trinajstić information content (AvgIpc) is 2.87. The van der Waals surface area contributed by atoms with Crippen molar-refractivity contribution in [2.24, 2.45) is 0 Å². The Labute approximate surface area is 88.5 Å². The van der Waals surface area contributed by atoms with Gasteiger partial charge >= 0.3 is 0 Å². The summed E-state index contributed by atoms with van der Waals surface area (Å²) < 4.78 is 3.10. The zero-order valence-electron chi connectivity index (χ0n) is 8.42. The zero-order chi connectivity index (χ0) is 9.76. The van der Waals surface area contributed by atoms with Gasteiger partial charge in [-0.3, -0.25) is 9.67 Å². The molecular weight excluding hydrogens is 194 g/mol. The highest BCUT2D eigenvalue weighted by Gasteiger charge is 2.39. The lowest BCUT2D eigenvalue weighted by molar-refractivity contribution is 0.161. The third kappa shape index (κ3) is 1.10. The Morgan fingerprint density at radius 1 is 1.50 bits per heavy atom. The van der Waals surface area contributed by atoms with E-state index in [1.54, 1.807) is 0 Å². The molecule has 1 heterocycles. The number of hydrogen-bond acceptors (Lipinski definition) is 2. The molecule has 0 aliphatic heterocycles. The maximum atomic E-state index is 5.31. The van der Waals surface area contributed by atoms with E-state index in [0.29, 0.717) is 5.92 Å². The molecule has 2 saturated carbocycles. The first kappa shape index (κ1) is 8.65. The molecule has 0 unspecified atom stereocenters. The van der Waals surface area contributed by atoms with Crippen molar-refractivity contribution in [3.05, 3.63) is 10.6 Å². The van der Waals surface area contributed by atoms with Gasteiger partial charge in [0.25, 0.3) is 0 Å². The summed E-state index contributed by atoms with van der Waals surface area (Å²) in [5.74, 6) is 1.89. The number of nitrogens with one attached hydrogen (secondary N) is 1. The van der Waals surface area contributed by atoms with Gasteiger partial charge in [0, 0.05) is 11.5 Å². The molecule has 0 saturated heterocycles. The van der Waals surface area contributed by atoms with E-state index in [2.05, 4.69) is 21.7 Å². The molecule has 0 spiro atoms. The Bertz CT molecular complexity index is 409. The predicted molar refractivity (Wildman–Crippen MR) is 56.9 cm³/mol. The summed E-state index contributed by atoms with van der Waals surface area (Å²) in [5.41, 5.74) is 0.266. The molecule has 1 N–H and O–H groups in total. The Balaban J connectivity index is 2.09. The molecule has 0 aromatic carbocycles. The van der Waals surface area contributed by atoms with E-state index in [9.17, 15) is 0 Å². The summed E-state index contributed by atoms with van der Waals surface area (Å²) in [7, 11) is 0. The molecule has 3 nitrogen and oxygen atoms in total. The van der Waals surface area contributed by atoms with Gasteiger partial charge in [0.2, 0.25) is 0 Å². The van der Waals surface area contributed by atoms with E-state index in [-0.39, 0.29) is 5.54 Å². The lowest BCUT2D eigenvalue weighted by Crippen LogP contribution is -2.38. The second-order valence-corrected chi connectivity index (χ2v) is 5.23. The fraction of sp³-hybridized carbons (Fsp3) is 0.800. The van der Waals surface area contributed by atoms with Crippen molar-refractivity contribution in [1.82, 2.24) is 14.8 Å². The van der Waals surface area contributed by atoms with Crippen LogP contribution in [0.4, 0.5) is 0 Å². The SMILES string of the molecule is CC1(n2c(C3CC3)n[nH]c2=S)CCC1. The summed E-state index contributed by atoms with van der Waals surface area (Å²) in [6.45, 7) is 2.30. The molecule has 3 rings (SSSR count). The highest BCUT2D eigenvalue weighted by Crippen LogP contribution is 2.45. The standard InChI is InChI=1S/C10H15N3S/c1-10(5-2-6-10)13-8(7-3-4-7)11-12-9(13)14/h7H,2-6H2,1H3,(H,12,14). The zero-order valence-corrected chi connectivity index (χ0v) is 9.23. The molecule has 0 bridgehead atoms. The fourth-order valence-corrected chi connectivity index (χ4v) is 2.72. The first-order valence-corrected chi connectivity index (χ1v) is 5.79. The van der Waals surface area contributed by atoms with Gasteiger partial charge < -0.3 is 0 Å². The van der Waals surface area contributed by atoms with Crippen LogP contribution in [0, 0.1) is 4.77 Å². The van der Waals surface area contributed by atoms with Crippen molar-refractivity contribution in [1.29, 1.82) is 0 Å². The minimum Gasteiger partial charge on any atom is -0.298 e. The van der Waals surface area contributed by atoms with Gasteiger partial charge in [0.1, 0.15) is 5.82 Å². The summed E-state index contributed by atoms with van der Waals surface area (Å²) in [5, 5.41) is 7.32. The number of aromatic amines is 1. The van der Waals surface area contributed by atoms with Gasteiger partial charge in [-0.15, -0.1) is 0 Å². The van der Waals surface area contributed by atoms with Gasteiger partial charge in [-0.1, -0.05) is 0 Å². The second kappa shape index (κ2) is 2.69. The molecule has 0 radical (unpaired) electrons. The average molecular weight is 209 g/mol. The third-order valence-corrected chi connectivity index (χ3v) is 3.89. The second-order valence-electron chi connectivity index (χ2n) is 4.85. The minimum absolute atomic E-state index is 0.266. The number of nitrogens with zero attached hydrogens (tertiary/aromatic N) is 2. The minimum atomic E-state index is 0.266. The highest BCUT2D eigenvalue weighted by atomic mass is 32.1. The van der Waals surface area contributed by atoms with Crippen LogP contribution in [0.5, 0.6) is 0 Å². The molecule has 2 aliphatic rings. The smallest absolute Gasteiger partial charge is 0.195 e. The topological polar surface area (TPSA) is 33.6 Å². The van der Waals surface area contributed by atoms with E-state index in [0.717, 1.165) is 4.77 Å². The molecule has 76 valence electrons. The number of aromatic nitrogens is 3. The summed E-state index contributed by atoms with van der Waals surface area (Å²) >= 11 is 5.31. The molecule has 14 heavy (non-hydrogen) atoms. The van der Waals surface area contributed by atoms with Crippen LogP contribution in [0.2, 0.25) is 0 Å². The van der Waals surface area contributed by atoms with Crippen LogP contribution in [0.3, 0.4) is 0 Å². The van der Waals surface area contributed by atoms with Gasteiger partial charge in [-0.2, -0.15) is 5.10 Å². The number of H-pyrrole nitrogens is 1. The summed E-state index contributed by atoms with van der Waals surface area (Å²) in [6, 6.07) is 0. The Kier molecular flexibility index (Phi) is 1.66. The maximum absolute atomic E-state index is 5.31. The van der Waals surface area contributed by atoms with E-state index >= 15 is 0 Å². The summed E-state index contributed by atoms with van der Waals surface area (Å²) in [4.78, 5) is 0. The van der Waals surface area contributed by atoms with Crippen LogP contribution in [0.15, 0.2) is 0 Å². The third-order valence-electron chi connectivity index (χ3n) is 3.61. The first-order chi connectivity index (χ1) is 6.71. The monoisotopic (exact) mass is 209 g/mol. The molecule has 2 aliphatic carbocycles. The Hall–Kier alpha value is -0.640. The molecule has 4 heteroatoms. The summed E-state index contributed by atoms with van der Waals surface area (Å²) in [6.07, 6.45) is 6.40. The van der Waals surface area contributed by atoms with Crippen LogP contribution >= 0.6 is 12.2 Å². The van der Waals surface area contributed by atoms with E-state index in [4.69, 9.17) is 12.2 Å². The Morgan fingerprint density at radius 3 is 2.71 bits per heavy atom. The molecule has 2 fully saturated rings. The van der Waals surface area contributed by atoms with Crippen LogP contribution in [0.25, 0.3) is 0 Å². The quantitative estimate of drug-likeness (QED) is 0.760. The lowest BCUT2D eigenvalue weighted by Gasteiger charge is -2.40. The number of hydrogen-bond donors (Lipinski definition) is 1. The largest absolute Gasteiger partial charge is 0.298 e. The molecule has 1 aromatic rings. The Morgan fingerprint density at radius 2 is 2.21 bits per heavy atom. The molecule has 1 aromatic heterocycles. The van der Waals surface area contributed by atoms with Gasteiger partial charge in [-0.25, -0.2) is 0 Å². The first-order valence-electron chi connectivity index (χ1n) is 5.38. The normalized spacial score (nSPS) is 24.6. The predicted octanol–water partition coefficient (Wildman–Crippen LogP) is 2.72. The van der Waals surface area contributed by atoms with Gasteiger partial charge in [0.15, 0.2) is 4.77 Å². The van der Waals surface area contributed by atoms with Crippen molar-refractivity contribution in [3.63, 3.8) is 0 Å². The molecule has 0 atom stereocenters.